The van der Waals surface area contributed by atoms with Crippen LogP contribution in [0.1, 0.15) is 70.0 Å². The molecule has 1 aliphatic heterocycles. The monoisotopic (exact) mass is 389 g/mol. The lowest BCUT2D eigenvalue weighted by molar-refractivity contribution is 0.0698. The van der Waals surface area contributed by atoms with E-state index in [9.17, 15) is 4.79 Å². The lowest BCUT2D eigenvalue weighted by Gasteiger charge is -2.22. The van der Waals surface area contributed by atoms with Gasteiger partial charge in [0.15, 0.2) is 0 Å². The van der Waals surface area contributed by atoms with E-state index in [0.29, 0.717) is 18.1 Å². The van der Waals surface area contributed by atoms with Crippen LogP contribution in [0.3, 0.4) is 0 Å². The van der Waals surface area contributed by atoms with Crippen molar-refractivity contribution in [2.45, 2.75) is 58.9 Å². The van der Waals surface area contributed by atoms with Gasteiger partial charge in [0.05, 0.1) is 11.4 Å². The van der Waals surface area contributed by atoms with Crippen LogP contribution in [0.15, 0.2) is 4.52 Å². The number of thiazole rings is 1. The van der Waals surface area contributed by atoms with Crippen LogP contribution in [0, 0.1) is 13.8 Å². The van der Waals surface area contributed by atoms with E-state index < -0.39 is 0 Å². The van der Waals surface area contributed by atoms with Crippen LogP contribution >= 0.6 is 11.3 Å². The Labute approximate surface area is 164 Å². The van der Waals surface area contributed by atoms with Crippen molar-refractivity contribution in [2.75, 3.05) is 13.2 Å². The maximum absolute atomic E-state index is 12.6. The molecule has 1 N–H and O–H groups in total. The molecule has 27 heavy (non-hydrogen) atoms. The van der Waals surface area contributed by atoms with Crippen LogP contribution < -0.4 is 5.32 Å². The Balaban J connectivity index is 1.70. The third-order valence-corrected chi connectivity index (χ3v) is 5.84. The van der Waals surface area contributed by atoms with Gasteiger partial charge in [0.2, 0.25) is 0 Å². The molecular formula is C20H27N3O3S. The predicted octanol–water partition coefficient (Wildman–Crippen LogP) is 4.17. The summed E-state index contributed by atoms with van der Waals surface area (Å²) in [6.45, 7) is 7.37. The highest BCUT2D eigenvalue weighted by Gasteiger charge is 2.20. The zero-order chi connectivity index (χ0) is 19.2. The fraction of sp³-hybridized carbons (Fsp3) is 0.550. The number of carbonyl (C=O) groups is 1. The lowest BCUT2D eigenvalue weighted by Crippen LogP contribution is -2.38. The summed E-state index contributed by atoms with van der Waals surface area (Å²) in [6, 6.07) is 0.188. The van der Waals surface area contributed by atoms with Gasteiger partial charge in [0.25, 0.3) is 5.91 Å². The number of amides is 1. The Hall–Kier alpha value is -1.99. The molecule has 0 unspecified atom stereocenters. The normalized spacial score (nSPS) is 15.5. The maximum atomic E-state index is 12.6. The molecule has 1 amide bonds. The van der Waals surface area contributed by atoms with Crippen LogP contribution in [-0.2, 0) is 11.2 Å². The smallest absolute Gasteiger partial charge is 0.263 e. The van der Waals surface area contributed by atoms with Gasteiger partial charge in [-0.3, -0.25) is 4.79 Å². The van der Waals surface area contributed by atoms with E-state index in [1.165, 1.54) is 11.3 Å². The summed E-state index contributed by atoms with van der Waals surface area (Å²) in [6.07, 6.45) is 8.77. The Morgan fingerprint density at radius 3 is 2.81 bits per heavy atom. The minimum absolute atomic E-state index is 0.0404. The van der Waals surface area contributed by atoms with E-state index in [-0.39, 0.29) is 11.9 Å². The number of rotatable bonds is 7. The van der Waals surface area contributed by atoms with E-state index in [0.717, 1.165) is 59.8 Å². The topological polar surface area (TPSA) is 77.2 Å². The van der Waals surface area contributed by atoms with Crippen molar-refractivity contribution >= 4 is 29.4 Å². The van der Waals surface area contributed by atoms with E-state index in [1.54, 1.807) is 0 Å². The first-order valence-corrected chi connectivity index (χ1v) is 10.4. The zero-order valence-corrected chi connectivity index (χ0v) is 17.0. The number of aromatic nitrogens is 2. The molecule has 0 bridgehead atoms. The predicted molar refractivity (Wildman–Crippen MR) is 107 cm³/mol. The third kappa shape index (κ3) is 5.05. The average Bonchev–Trinajstić information content (AvgIpc) is 3.21. The number of nitrogens with one attached hydrogen (secondary N) is 1. The van der Waals surface area contributed by atoms with Crippen molar-refractivity contribution in [3.05, 3.63) is 32.6 Å². The number of unbranched alkanes of at least 4 members (excludes halogenated alkanes) is 1. The molecule has 0 saturated carbocycles. The number of nitrogens with zero attached hydrogens (tertiary/aromatic N) is 2. The quantitative estimate of drug-likeness (QED) is 0.769. The largest absolute Gasteiger partial charge is 0.381 e. The minimum Gasteiger partial charge on any atom is -0.381 e. The Morgan fingerprint density at radius 2 is 2.07 bits per heavy atom. The first-order chi connectivity index (χ1) is 13.1. The molecule has 7 heteroatoms. The van der Waals surface area contributed by atoms with Crippen molar-refractivity contribution < 1.29 is 14.1 Å². The highest BCUT2D eigenvalue weighted by molar-refractivity contribution is 7.14. The number of aryl methyl sites for hydroxylation is 3. The summed E-state index contributed by atoms with van der Waals surface area (Å²) in [4.78, 5) is 17.8. The van der Waals surface area contributed by atoms with Crippen molar-refractivity contribution in [2.24, 2.45) is 0 Å². The second-order valence-electron chi connectivity index (χ2n) is 6.86. The van der Waals surface area contributed by atoms with Crippen LogP contribution in [0.4, 0.5) is 0 Å². The first-order valence-electron chi connectivity index (χ1n) is 9.57. The van der Waals surface area contributed by atoms with Gasteiger partial charge in [0, 0.05) is 24.8 Å². The molecule has 1 fully saturated rings. The summed E-state index contributed by atoms with van der Waals surface area (Å²) in [7, 11) is 0. The molecule has 6 nitrogen and oxygen atoms in total. The second-order valence-corrected chi connectivity index (χ2v) is 7.89. The van der Waals surface area contributed by atoms with Crippen molar-refractivity contribution in [1.82, 2.24) is 15.5 Å². The second kappa shape index (κ2) is 9.28. The molecule has 0 aromatic carbocycles. The minimum atomic E-state index is -0.0404. The Kier molecular flexibility index (Phi) is 6.79. The van der Waals surface area contributed by atoms with Crippen LogP contribution in [-0.4, -0.2) is 35.3 Å². The van der Waals surface area contributed by atoms with Crippen LogP contribution in [0.5, 0.6) is 0 Å². The van der Waals surface area contributed by atoms with Gasteiger partial charge in [0.1, 0.15) is 15.6 Å². The molecule has 146 valence electrons. The molecule has 3 rings (SSSR count). The molecule has 0 atom stereocenters. The van der Waals surface area contributed by atoms with Crippen LogP contribution in [0.2, 0.25) is 0 Å². The van der Waals surface area contributed by atoms with Crippen LogP contribution in [0.25, 0.3) is 12.2 Å². The van der Waals surface area contributed by atoms with Gasteiger partial charge in [-0.2, -0.15) is 0 Å². The number of hydrogen-bond acceptors (Lipinski definition) is 6. The summed E-state index contributed by atoms with van der Waals surface area (Å²) < 4.78 is 10.7. The molecule has 0 radical (unpaired) electrons. The van der Waals surface area contributed by atoms with E-state index in [1.807, 2.05) is 26.0 Å². The van der Waals surface area contributed by atoms with E-state index >= 15 is 0 Å². The van der Waals surface area contributed by atoms with Gasteiger partial charge < -0.3 is 14.6 Å². The summed E-state index contributed by atoms with van der Waals surface area (Å²) in [5.74, 6) is 0.768. The van der Waals surface area contributed by atoms with Gasteiger partial charge in [-0.25, -0.2) is 4.98 Å². The van der Waals surface area contributed by atoms with Crippen molar-refractivity contribution in [1.29, 1.82) is 0 Å². The Morgan fingerprint density at radius 1 is 1.30 bits per heavy atom. The maximum Gasteiger partial charge on any atom is 0.263 e. The SMILES string of the molecule is CCCCc1noc(C)c1C=Cc1nc(C)c(C(=O)NC2CCOCC2)s1. The average molecular weight is 390 g/mol. The summed E-state index contributed by atoms with van der Waals surface area (Å²) >= 11 is 1.42. The summed E-state index contributed by atoms with van der Waals surface area (Å²) in [5, 5.41) is 8.08. The first kappa shape index (κ1) is 19.8. The number of ether oxygens (including phenoxy) is 1. The highest BCUT2D eigenvalue weighted by Crippen LogP contribution is 2.23. The Bertz CT molecular complexity index is 803. The van der Waals surface area contributed by atoms with E-state index in [2.05, 4.69) is 22.4 Å². The molecular weight excluding hydrogens is 362 g/mol. The molecule has 0 aliphatic carbocycles. The fourth-order valence-corrected chi connectivity index (χ4v) is 3.98. The molecule has 3 heterocycles. The van der Waals surface area contributed by atoms with Gasteiger partial charge in [-0.05, 0) is 51.7 Å². The molecule has 2 aromatic rings. The third-order valence-electron chi connectivity index (χ3n) is 4.72. The molecule has 1 saturated heterocycles. The highest BCUT2D eigenvalue weighted by atomic mass is 32.1. The standard InChI is InChI=1S/C20H27N3O3S/c1-4-5-6-17-16(14(3)26-23-17)7-8-18-21-13(2)19(27-18)20(24)22-15-9-11-25-12-10-15/h7-8,15H,4-6,9-12H2,1-3H3,(H,22,24). The lowest BCUT2D eigenvalue weighted by atomic mass is 10.1. The number of carbonyl (C=O) groups excluding carboxylic acids is 1. The number of hydrogen-bond donors (Lipinski definition) is 1. The van der Waals surface area contributed by atoms with Gasteiger partial charge in [-0.15, -0.1) is 11.3 Å². The fourth-order valence-electron chi connectivity index (χ4n) is 3.11. The molecule has 0 spiro atoms. The van der Waals surface area contributed by atoms with Gasteiger partial charge >= 0.3 is 0 Å². The van der Waals surface area contributed by atoms with Crippen molar-refractivity contribution in [3.63, 3.8) is 0 Å². The van der Waals surface area contributed by atoms with E-state index in [4.69, 9.17) is 9.26 Å². The summed E-state index contributed by atoms with van der Waals surface area (Å²) in [5.41, 5.74) is 2.76. The molecule has 1 aliphatic rings. The molecule has 2 aromatic heterocycles. The van der Waals surface area contributed by atoms with Crippen molar-refractivity contribution in [3.8, 4) is 0 Å². The zero-order valence-electron chi connectivity index (χ0n) is 16.2. The van der Waals surface area contributed by atoms with Gasteiger partial charge in [-0.1, -0.05) is 18.5 Å².